The van der Waals surface area contributed by atoms with Crippen LogP contribution in [0.5, 0.6) is 0 Å². The van der Waals surface area contributed by atoms with Gasteiger partial charge in [0.25, 0.3) is 5.91 Å². The summed E-state index contributed by atoms with van der Waals surface area (Å²) in [6.45, 7) is 2.18. The predicted molar refractivity (Wildman–Crippen MR) is 115 cm³/mol. The molecular formula is C21H24F4N4O3S. The number of pyridine rings is 1. The standard InChI is InChI=1S/C21H24F4N4O3S/c1-10(11-3-4-11)29(20(31)32)12-5-7-28(8-6-12)18-15(22)14(21(23,24)25)17-16(27-18)13(9-33-17)19(30)26-2/h9-12H,3-8H2,1-2H3,(H,26,30)(H,31,32)/t10-/m0/s1. The van der Waals surface area contributed by atoms with E-state index in [-0.39, 0.29) is 36.3 Å². The molecule has 0 radical (unpaired) electrons. The van der Waals surface area contributed by atoms with Gasteiger partial charge in [-0.25, -0.2) is 14.2 Å². The van der Waals surface area contributed by atoms with Crippen LogP contribution in [0.15, 0.2) is 5.38 Å². The Bertz CT molecular complexity index is 1080. The smallest absolute Gasteiger partial charge is 0.420 e. The van der Waals surface area contributed by atoms with Crippen LogP contribution in [-0.4, -0.2) is 59.2 Å². The quantitative estimate of drug-likeness (QED) is 0.603. The van der Waals surface area contributed by atoms with Gasteiger partial charge in [-0.2, -0.15) is 13.2 Å². The van der Waals surface area contributed by atoms with Gasteiger partial charge in [0.1, 0.15) is 5.56 Å². The molecule has 2 N–H and O–H groups in total. The molecule has 1 aliphatic heterocycles. The lowest BCUT2D eigenvalue weighted by Crippen LogP contribution is -2.51. The van der Waals surface area contributed by atoms with Gasteiger partial charge in [0, 0.05) is 37.6 Å². The number of anilines is 1. The molecule has 4 rings (SSSR count). The zero-order valence-corrected chi connectivity index (χ0v) is 18.9. The van der Waals surface area contributed by atoms with Crippen molar-refractivity contribution in [3.63, 3.8) is 0 Å². The normalized spacial score (nSPS) is 18.4. The second kappa shape index (κ2) is 8.62. The van der Waals surface area contributed by atoms with E-state index in [1.54, 1.807) is 0 Å². The van der Waals surface area contributed by atoms with E-state index in [1.807, 2.05) is 6.92 Å². The number of carbonyl (C=O) groups excluding carboxylic acids is 1. The van der Waals surface area contributed by atoms with Crippen LogP contribution in [0.1, 0.15) is 48.5 Å². The summed E-state index contributed by atoms with van der Waals surface area (Å²) in [4.78, 5) is 31.0. The van der Waals surface area contributed by atoms with E-state index in [1.165, 1.54) is 22.2 Å². The Morgan fingerprint density at radius 1 is 1.27 bits per heavy atom. The number of nitrogens with zero attached hydrogens (tertiary/aromatic N) is 3. The predicted octanol–water partition coefficient (Wildman–Crippen LogP) is 4.56. The van der Waals surface area contributed by atoms with Crippen LogP contribution >= 0.6 is 11.3 Å². The summed E-state index contributed by atoms with van der Waals surface area (Å²) in [5, 5.41) is 13.3. The van der Waals surface area contributed by atoms with Gasteiger partial charge in [-0.15, -0.1) is 11.3 Å². The molecule has 1 aliphatic carbocycles. The van der Waals surface area contributed by atoms with Crippen LogP contribution in [0.3, 0.4) is 0 Å². The minimum Gasteiger partial charge on any atom is -0.465 e. The maximum absolute atomic E-state index is 15.2. The van der Waals surface area contributed by atoms with Gasteiger partial charge in [-0.05, 0) is 38.5 Å². The molecule has 1 saturated heterocycles. The van der Waals surface area contributed by atoms with Crippen molar-refractivity contribution in [2.24, 2.45) is 5.92 Å². The van der Waals surface area contributed by atoms with E-state index in [2.05, 4.69) is 10.3 Å². The monoisotopic (exact) mass is 488 g/mol. The molecule has 2 aliphatic rings. The molecule has 12 heteroatoms. The van der Waals surface area contributed by atoms with Gasteiger partial charge in [0.05, 0.1) is 15.8 Å². The van der Waals surface area contributed by atoms with E-state index in [9.17, 15) is 27.9 Å². The second-order valence-electron chi connectivity index (χ2n) is 8.51. The lowest BCUT2D eigenvalue weighted by atomic mass is 10.00. The number of hydrogen-bond donors (Lipinski definition) is 2. The highest BCUT2D eigenvalue weighted by molar-refractivity contribution is 7.17. The number of hydrogen-bond acceptors (Lipinski definition) is 5. The third kappa shape index (κ3) is 4.32. The Morgan fingerprint density at radius 3 is 2.42 bits per heavy atom. The van der Waals surface area contributed by atoms with Crippen LogP contribution in [0, 0.1) is 11.7 Å². The molecule has 0 unspecified atom stereocenters. The summed E-state index contributed by atoms with van der Waals surface area (Å²) in [6.07, 6.45) is -3.35. The summed E-state index contributed by atoms with van der Waals surface area (Å²) in [5.74, 6) is -2.21. The number of carboxylic acid groups (broad SMARTS) is 1. The summed E-state index contributed by atoms with van der Waals surface area (Å²) in [6, 6.07) is -0.436. The zero-order chi connectivity index (χ0) is 24.1. The Labute approximate surface area is 191 Å². The first kappa shape index (κ1) is 23.5. The largest absolute Gasteiger partial charge is 0.465 e. The second-order valence-corrected chi connectivity index (χ2v) is 9.39. The topological polar surface area (TPSA) is 85.8 Å². The fourth-order valence-corrected chi connectivity index (χ4v) is 5.63. The fraction of sp³-hybridized carbons (Fsp3) is 0.571. The van der Waals surface area contributed by atoms with Crippen LogP contribution < -0.4 is 10.2 Å². The van der Waals surface area contributed by atoms with E-state index >= 15 is 4.39 Å². The van der Waals surface area contributed by atoms with Crippen LogP contribution in [0.4, 0.5) is 28.2 Å². The highest BCUT2D eigenvalue weighted by Crippen LogP contribution is 2.43. The minimum absolute atomic E-state index is 0.0468. The molecule has 2 fully saturated rings. The number of rotatable bonds is 5. The van der Waals surface area contributed by atoms with Gasteiger partial charge in [0.2, 0.25) is 0 Å². The fourth-order valence-electron chi connectivity index (χ4n) is 4.59. The first-order chi connectivity index (χ1) is 15.5. The summed E-state index contributed by atoms with van der Waals surface area (Å²) in [5.41, 5.74) is -1.67. The number of amides is 2. The summed E-state index contributed by atoms with van der Waals surface area (Å²) < 4.78 is 56.1. The first-order valence-corrected chi connectivity index (χ1v) is 11.6. The SMILES string of the molecule is CNC(=O)c1csc2c(C(F)(F)F)c(F)c(N3CCC(N(C(=O)O)[C@@H](C)C4CC4)CC3)nc12. The van der Waals surface area contributed by atoms with Crippen LogP contribution in [0.2, 0.25) is 0 Å². The molecule has 0 bridgehead atoms. The van der Waals surface area contributed by atoms with Crippen molar-refractivity contribution in [1.82, 2.24) is 15.2 Å². The Morgan fingerprint density at radius 2 is 1.91 bits per heavy atom. The molecule has 0 aromatic carbocycles. The lowest BCUT2D eigenvalue weighted by Gasteiger charge is -2.40. The third-order valence-electron chi connectivity index (χ3n) is 6.50. The van der Waals surface area contributed by atoms with E-state index in [0.717, 1.165) is 12.8 Å². The van der Waals surface area contributed by atoms with Crippen LogP contribution in [-0.2, 0) is 6.18 Å². The summed E-state index contributed by atoms with van der Waals surface area (Å²) >= 11 is 0.626. The number of piperidine rings is 1. The third-order valence-corrected chi connectivity index (χ3v) is 7.49. The number of fused-ring (bicyclic) bond motifs is 1. The summed E-state index contributed by atoms with van der Waals surface area (Å²) in [7, 11) is 1.35. The van der Waals surface area contributed by atoms with E-state index < -0.39 is 40.1 Å². The Balaban J connectivity index is 1.66. The molecule has 2 aromatic rings. The lowest BCUT2D eigenvalue weighted by molar-refractivity contribution is -0.138. The van der Waals surface area contributed by atoms with Crippen molar-refractivity contribution in [1.29, 1.82) is 0 Å². The average Bonchev–Trinajstić information content (AvgIpc) is 3.52. The van der Waals surface area contributed by atoms with Gasteiger partial charge >= 0.3 is 12.3 Å². The van der Waals surface area contributed by atoms with E-state index in [0.29, 0.717) is 30.1 Å². The number of thiophene rings is 1. The molecule has 33 heavy (non-hydrogen) atoms. The van der Waals surface area contributed by atoms with E-state index in [4.69, 9.17) is 0 Å². The van der Waals surface area contributed by atoms with Crippen molar-refractivity contribution in [2.75, 3.05) is 25.0 Å². The number of aromatic nitrogens is 1. The maximum Gasteiger partial charge on any atom is 0.420 e. The van der Waals surface area contributed by atoms with Gasteiger partial charge in [0.15, 0.2) is 11.6 Å². The maximum atomic E-state index is 15.2. The number of halogens is 4. The Hall–Kier alpha value is -2.63. The molecule has 1 saturated carbocycles. The number of carbonyl (C=O) groups is 2. The van der Waals surface area contributed by atoms with Gasteiger partial charge < -0.3 is 20.2 Å². The van der Waals surface area contributed by atoms with Crippen molar-refractivity contribution in [2.45, 2.75) is 50.9 Å². The Kier molecular flexibility index (Phi) is 6.14. The molecule has 180 valence electrons. The molecule has 1 atom stereocenters. The molecule has 3 heterocycles. The van der Waals surface area contributed by atoms with Crippen molar-refractivity contribution < 1.29 is 32.3 Å². The molecule has 2 aromatic heterocycles. The highest BCUT2D eigenvalue weighted by Gasteiger charge is 2.42. The minimum atomic E-state index is -4.97. The number of alkyl halides is 3. The molecule has 0 spiro atoms. The molecular weight excluding hydrogens is 464 g/mol. The molecule has 7 nitrogen and oxygen atoms in total. The highest BCUT2D eigenvalue weighted by atomic mass is 32.1. The van der Waals surface area contributed by atoms with Gasteiger partial charge in [-0.3, -0.25) is 4.79 Å². The van der Waals surface area contributed by atoms with Crippen molar-refractivity contribution in [3.8, 4) is 0 Å². The van der Waals surface area contributed by atoms with Gasteiger partial charge in [-0.1, -0.05) is 0 Å². The van der Waals surface area contributed by atoms with Crippen molar-refractivity contribution in [3.05, 3.63) is 22.3 Å². The zero-order valence-electron chi connectivity index (χ0n) is 18.1. The number of nitrogens with one attached hydrogen (secondary N) is 1. The first-order valence-electron chi connectivity index (χ1n) is 10.7. The molecule has 2 amide bonds. The van der Waals surface area contributed by atoms with Crippen molar-refractivity contribution >= 4 is 39.4 Å². The van der Waals surface area contributed by atoms with Crippen LogP contribution in [0.25, 0.3) is 10.2 Å². The average molecular weight is 489 g/mol.